The molecule has 2 heterocycles. The average Bonchev–Trinajstić information content (AvgIpc) is 3.42. The number of carbonyl (C=O) groups excluding carboxylic acids is 2. The summed E-state index contributed by atoms with van der Waals surface area (Å²) in [4.78, 5) is 36.2. The Morgan fingerprint density at radius 3 is 2.44 bits per heavy atom. The predicted octanol–water partition coefficient (Wildman–Crippen LogP) is 5.54. The maximum absolute atomic E-state index is 13.4. The largest absolute Gasteiger partial charge is 0.487 e. The Labute approximate surface area is 229 Å². The molecule has 1 aromatic heterocycles. The molecule has 1 saturated carbocycles. The molecule has 0 spiro atoms. The van der Waals surface area contributed by atoms with Gasteiger partial charge in [-0.2, -0.15) is 0 Å². The number of hydrogen-bond acceptors (Lipinski definition) is 6. The van der Waals surface area contributed by atoms with Crippen molar-refractivity contribution in [2.75, 3.05) is 10.2 Å². The molecule has 0 saturated heterocycles. The van der Waals surface area contributed by atoms with E-state index in [2.05, 4.69) is 44.1 Å². The van der Waals surface area contributed by atoms with Crippen LogP contribution in [0.25, 0.3) is 11.1 Å². The lowest BCUT2D eigenvalue weighted by Gasteiger charge is -2.36. The molecule has 204 valence electrons. The Kier molecular flexibility index (Phi) is 7.15. The van der Waals surface area contributed by atoms with Crippen molar-refractivity contribution >= 4 is 34.8 Å². The zero-order chi connectivity index (χ0) is 27.9. The molecule has 5 rings (SSSR count). The summed E-state index contributed by atoms with van der Waals surface area (Å²) >= 11 is 4.83. The number of hydrogen-bond donors (Lipinski definition) is 2. The number of fused-ring (bicyclic) bond motifs is 3. The second kappa shape index (κ2) is 10.4. The molecule has 11 heteroatoms. The van der Waals surface area contributed by atoms with E-state index in [0.29, 0.717) is 11.3 Å². The smallest absolute Gasteiger partial charge is 0.420 e. The summed E-state index contributed by atoms with van der Waals surface area (Å²) in [5.41, 5.74) is 0.681. The number of carbonyl (C=O) groups is 2. The molecule has 0 unspecified atom stereocenters. The van der Waals surface area contributed by atoms with Gasteiger partial charge in [0.2, 0.25) is 5.91 Å². The minimum atomic E-state index is -3.83. The van der Waals surface area contributed by atoms with Gasteiger partial charge in [-0.3, -0.25) is 9.59 Å². The summed E-state index contributed by atoms with van der Waals surface area (Å²) in [7, 11) is 0. The number of rotatable bonds is 7. The summed E-state index contributed by atoms with van der Waals surface area (Å²) in [6.45, 7) is 5.77. The van der Waals surface area contributed by atoms with Gasteiger partial charge in [-0.15, -0.1) is 8.78 Å². The monoisotopic (exact) mass is 555 g/mol. The van der Waals surface area contributed by atoms with E-state index in [1.54, 1.807) is 12.4 Å². The van der Waals surface area contributed by atoms with Crippen LogP contribution < -0.4 is 20.3 Å². The molecule has 2 aromatic carbocycles. The zero-order valence-electron chi connectivity index (χ0n) is 21.6. The third-order valence-corrected chi connectivity index (χ3v) is 7.23. The molecule has 2 aliphatic rings. The zero-order valence-corrected chi connectivity index (χ0v) is 22.4. The molecule has 8 nitrogen and oxygen atoms in total. The lowest BCUT2D eigenvalue weighted by atomic mass is 9.92. The van der Waals surface area contributed by atoms with Gasteiger partial charge in [0, 0.05) is 77.0 Å². The van der Waals surface area contributed by atoms with Crippen LogP contribution in [-0.2, 0) is 4.79 Å². The van der Waals surface area contributed by atoms with E-state index in [1.165, 1.54) is 37.5 Å². The number of nitrogens with zero attached hydrogens (tertiary/aromatic N) is 3. The van der Waals surface area contributed by atoms with E-state index in [4.69, 9.17) is 11.6 Å². The molecule has 1 fully saturated rings. The van der Waals surface area contributed by atoms with Crippen LogP contribution in [0.15, 0.2) is 55.1 Å². The normalized spacial score (nSPS) is 20.0. The molecule has 1 aliphatic heterocycles. The quantitative estimate of drug-likeness (QED) is 0.371. The van der Waals surface area contributed by atoms with Gasteiger partial charge in [0.1, 0.15) is 12.1 Å². The van der Waals surface area contributed by atoms with Crippen LogP contribution in [0.2, 0.25) is 0 Å². The van der Waals surface area contributed by atoms with Crippen LogP contribution in [0.3, 0.4) is 0 Å². The molecule has 3 atom stereocenters. The minimum absolute atomic E-state index is 0.0134. The summed E-state index contributed by atoms with van der Waals surface area (Å²) in [5.74, 6) is -0.429. The molecule has 3 aromatic rings. The maximum Gasteiger partial charge on any atom is 0.487 e. The molecule has 39 heavy (non-hydrogen) atoms. The molecule has 2 N–H and O–H groups in total. The summed E-state index contributed by atoms with van der Waals surface area (Å²) in [5, 5.41) is 5.96. The van der Waals surface area contributed by atoms with E-state index in [1.807, 2.05) is 12.1 Å². The van der Waals surface area contributed by atoms with Gasteiger partial charge >= 0.3 is 5.57 Å². The summed E-state index contributed by atoms with van der Waals surface area (Å²) in [6, 6.07) is 9.43. The van der Waals surface area contributed by atoms with Crippen molar-refractivity contribution in [2.24, 2.45) is 0 Å². The van der Waals surface area contributed by atoms with Crippen LogP contribution in [0.1, 0.15) is 55.5 Å². The SMILES string of the molecule is CC(=O)N[C@H]1CC[C@@H]2c3cc(C(=O)Nc4ccc(OC(F)(F)Cl)cc4)cc(-c4cncnc4)c3N(C(C)C)[C@H]12. The standard InChI is InChI=1S/C28H28ClF2N5O3/c1-15(2)36-25-22(18-12-32-14-33-13-18)10-17(11-23(25)21-8-9-24(26(21)36)34-16(3)37)27(38)35-19-4-6-20(7-5-19)39-28(29,30)31/h4-7,10-15,21,24,26H,8-9H2,1-3H3,(H,34,37)(H,35,38)/t21-,24+,26+/m1/s1. The van der Waals surface area contributed by atoms with Gasteiger partial charge in [0.05, 0.1) is 6.04 Å². The van der Waals surface area contributed by atoms with Crippen LogP contribution in [0.4, 0.5) is 20.2 Å². The van der Waals surface area contributed by atoms with Crippen molar-refractivity contribution < 1.29 is 23.1 Å². The van der Waals surface area contributed by atoms with E-state index < -0.39 is 5.57 Å². The lowest BCUT2D eigenvalue weighted by Crippen LogP contribution is -2.50. The number of halogens is 3. The van der Waals surface area contributed by atoms with Crippen molar-refractivity contribution in [1.29, 1.82) is 0 Å². The fourth-order valence-corrected chi connectivity index (χ4v) is 5.93. The highest BCUT2D eigenvalue weighted by Gasteiger charge is 2.49. The molecule has 0 bridgehead atoms. The topological polar surface area (TPSA) is 96.5 Å². The average molecular weight is 556 g/mol. The summed E-state index contributed by atoms with van der Waals surface area (Å²) < 4.78 is 30.2. The van der Waals surface area contributed by atoms with Gasteiger partial charge in [-0.1, -0.05) is 0 Å². The first-order valence-electron chi connectivity index (χ1n) is 12.7. The first kappa shape index (κ1) is 26.8. The van der Waals surface area contributed by atoms with Crippen molar-refractivity contribution in [3.63, 3.8) is 0 Å². The minimum Gasteiger partial charge on any atom is -0.420 e. The molecule has 0 radical (unpaired) electrons. The van der Waals surface area contributed by atoms with Crippen LogP contribution in [0, 0.1) is 0 Å². The van der Waals surface area contributed by atoms with Crippen molar-refractivity contribution in [2.45, 2.75) is 63.2 Å². The Morgan fingerprint density at radius 2 is 1.82 bits per heavy atom. The van der Waals surface area contributed by atoms with Crippen molar-refractivity contribution in [3.05, 3.63) is 66.2 Å². The fraction of sp³-hybridized carbons (Fsp3) is 0.357. The van der Waals surface area contributed by atoms with Crippen molar-refractivity contribution in [3.8, 4) is 16.9 Å². The first-order valence-corrected chi connectivity index (χ1v) is 13.1. The van der Waals surface area contributed by atoms with Gasteiger partial charge in [-0.05, 0) is 68.7 Å². The second-order valence-electron chi connectivity index (χ2n) is 10.1. The molecule has 1 aliphatic carbocycles. The van der Waals surface area contributed by atoms with Gasteiger partial charge in [0.25, 0.3) is 5.91 Å². The van der Waals surface area contributed by atoms with Gasteiger partial charge in [0.15, 0.2) is 0 Å². The van der Waals surface area contributed by atoms with E-state index in [-0.39, 0.29) is 41.6 Å². The van der Waals surface area contributed by atoms with Crippen LogP contribution in [0.5, 0.6) is 5.75 Å². The van der Waals surface area contributed by atoms with E-state index >= 15 is 0 Å². The highest BCUT2D eigenvalue weighted by atomic mass is 35.5. The number of nitrogens with one attached hydrogen (secondary N) is 2. The Bertz CT molecular complexity index is 1380. The Balaban J connectivity index is 1.53. The number of benzene rings is 2. The number of alkyl halides is 3. The lowest BCUT2D eigenvalue weighted by molar-refractivity contribution is -0.119. The number of anilines is 2. The third kappa shape index (κ3) is 5.52. The molecular weight excluding hydrogens is 528 g/mol. The first-order chi connectivity index (χ1) is 18.5. The maximum atomic E-state index is 13.4. The molecular formula is C28H28ClF2N5O3. The van der Waals surface area contributed by atoms with E-state index in [9.17, 15) is 18.4 Å². The second-order valence-corrected chi connectivity index (χ2v) is 10.5. The highest BCUT2D eigenvalue weighted by molar-refractivity contribution is 6.20. The van der Waals surface area contributed by atoms with Gasteiger partial charge in [-0.25, -0.2) is 9.97 Å². The number of aromatic nitrogens is 2. The Morgan fingerprint density at radius 1 is 1.13 bits per heavy atom. The van der Waals surface area contributed by atoms with Crippen LogP contribution >= 0.6 is 11.6 Å². The highest BCUT2D eigenvalue weighted by Crippen LogP contribution is 2.53. The number of ether oxygens (including phenoxy) is 1. The third-order valence-electron chi connectivity index (χ3n) is 7.16. The van der Waals surface area contributed by atoms with Gasteiger partial charge < -0.3 is 20.3 Å². The fourth-order valence-electron chi connectivity index (χ4n) is 5.84. The van der Waals surface area contributed by atoms with E-state index in [0.717, 1.165) is 35.2 Å². The Hall–Kier alpha value is -3.79. The van der Waals surface area contributed by atoms with Crippen molar-refractivity contribution in [1.82, 2.24) is 15.3 Å². The predicted molar refractivity (Wildman–Crippen MR) is 144 cm³/mol. The number of amides is 2. The van der Waals surface area contributed by atoms with Crippen LogP contribution in [-0.4, -0.2) is 45.5 Å². The summed E-state index contributed by atoms with van der Waals surface area (Å²) in [6.07, 6.45) is 6.60. The molecule has 2 amide bonds.